The summed E-state index contributed by atoms with van der Waals surface area (Å²) in [5.74, 6) is 1.16. The topological polar surface area (TPSA) is 74.4 Å². The Hall–Kier alpha value is -2.08. The normalized spacial score (nSPS) is 17.1. The Kier molecular flexibility index (Phi) is 2.87. The SMILES string of the molecule is CC(c1c(O)cccc1O)N1CCn2cnnc2C1. The highest BCUT2D eigenvalue weighted by molar-refractivity contribution is 5.45. The summed E-state index contributed by atoms with van der Waals surface area (Å²) < 4.78 is 2.02. The standard InChI is InChI=1S/C13H16N4O2/c1-9(13-10(18)3-2-4-11(13)19)16-5-6-17-8-14-15-12(17)7-16/h2-4,8-9,18-19H,5-7H2,1H3. The van der Waals surface area contributed by atoms with E-state index in [0.717, 1.165) is 18.9 Å². The van der Waals surface area contributed by atoms with E-state index in [0.29, 0.717) is 12.1 Å². The molecule has 0 radical (unpaired) electrons. The molecule has 1 aromatic heterocycles. The van der Waals surface area contributed by atoms with Gasteiger partial charge in [0.25, 0.3) is 0 Å². The Morgan fingerprint density at radius 1 is 1.21 bits per heavy atom. The van der Waals surface area contributed by atoms with Crippen molar-refractivity contribution in [3.05, 3.63) is 35.9 Å². The van der Waals surface area contributed by atoms with Crippen LogP contribution in [-0.2, 0) is 13.1 Å². The van der Waals surface area contributed by atoms with Crippen molar-refractivity contribution in [2.45, 2.75) is 26.1 Å². The molecule has 100 valence electrons. The van der Waals surface area contributed by atoms with Crippen LogP contribution in [-0.4, -0.2) is 36.4 Å². The Balaban J connectivity index is 1.87. The van der Waals surface area contributed by atoms with E-state index < -0.39 is 0 Å². The summed E-state index contributed by atoms with van der Waals surface area (Å²) in [5, 5.41) is 27.8. The van der Waals surface area contributed by atoms with Gasteiger partial charge in [-0.1, -0.05) is 6.07 Å². The lowest BCUT2D eigenvalue weighted by Crippen LogP contribution is -2.35. The van der Waals surface area contributed by atoms with Crippen molar-refractivity contribution in [2.75, 3.05) is 6.54 Å². The Labute approximate surface area is 110 Å². The first-order valence-electron chi connectivity index (χ1n) is 6.28. The van der Waals surface area contributed by atoms with Crippen LogP contribution in [0.15, 0.2) is 24.5 Å². The number of aromatic nitrogens is 3. The fourth-order valence-electron chi connectivity index (χ4n) is 2.57. The smallest absolute Gasteiger partial charge is 0.147 e. The summed E-state index contributed by atoms with van der Waals surface area (Å²) >= 11 is 0. The predicted molar refractivity (Wildman–Crippen MR) is 68.6 cm³/mol. The molecule has 1 unspecified atom stereocenters. The van der Waals surface area contributed by atoms with E-state index in [1.54, 1.807) is 24.5 Å². The molecule has 0 saturated carbocycles. The second-order valence-corrected chi connectivity index (χ2v) is 4.80. The first kappa shape index (κ1) is 12.0. The molecule has 1 aromatic carbocycles. The number of nitrogens with zero attached hydrogens (tertiary/aromatic N) is 4. The van der Waals surface area contributed by atoms with E-state index in [4.69, 9.17) is 0 Å². The maximum absolute atomic E-state index is 9.93. The molecular formula is C13H16N4O2. The second kappa shape index (κ2) is 4.55. The van der Waals surface area contributed by atoms with Gasteiger partial charge in [0.1, 0.15) is 23.7 Å². The molecule has 19 heavy (non-hydrogen) atoms. The van der Waals surface area contributed by atoms with Crippen LogP contribution in [0.4, 0.5) is 0 Å². The molecule has 1 atom stereocenters. The van der Waals surface area contributed by atoms with Crippen LogP contribution in [0, 0.1) is 0 Å². The summed E-state index contributed by atoms with van der Waals surface area (Å²) in [6.45, 7) is 4.29. The Morgan fingerprint density at radius 2 is 1.95 bits per heavy atom. The number of rotatable bonds is 2. The van der Waals surface area contributed by atoms with Crippen molar-refractivity contribution in [3.63, 3.8) is 0 Å². The lowest BCUT2D eigenvalue weighted by molar-refractivity contribution is 0.158. The van der Waals surface area contributed by atoms with E-state index in [9.17, 15) is 10.2 Å². The molecule has 0 aliphatic carbocycles. The van der Waals surface area contributed by atoms with Crippen molar-refractivity contribution in [1.82, 2.24) is 19.7 Å². The molecule has 0 saturated heterocycles. The third-order valence-electron chi connectivity index (χ3n) is 3.69. The molecule has 2 N–H and O–H groups in total. The van der Waals surface area contributed by atoms with Crippen LogP contribution in [0.5, 0.6) is 11.5 Å². The van der Waals surface area contributed by atoms with Gasteiger partial charge in [0.2, 0.25) is 0 Å². The van der Waals surface area contributed by atoms with E-state index in [1.165, 1.54) is 0 Å². The third-order valence-corrected chi connectivity index (χ3v) is 3.69. The third kappa shape index (κ3) is 2.04. The molecule has 3 rings (SSSR count). The van der Waals surface area contributed by atoms with Crippen LogP contribution >= 0.6 is 0 Å². The zero-order chi connectivity index (χ0) is 13.4. The number of benzene rings is 1. The Morgan fingerprint density at radius 3 is 2.68 bits per heavy atom. The highest BCUT2D eigenvalue weighted by Crippen LogP contribution is 2.36. The molecule has 2 aromatic rings. The number of aromatic hydroxyl groups is 2. The van der Waals surface area contributed by atoms with E-state index >= 15 is 0 Å². The van der Waals surface area contributed by atoms with E-state index in [-0.39, 0.29) is 17.5 Å². The number of hydrogen-bond acceptors (Lipinski definition) is 5. The second-order valence-electron chi connectivity index (χ2n) is 4.80. The van der Waals surface area contributed by atoms with Crippen LogP contribution < -0.4 is 0 Å². The maximum atomic E-state index is 9.93. The molecular weight excluding hydrogens is 244 g/mol. The van der Waals surface area contributed by atoms with Crippen molar-refractivity contribution < 1.29 is 10.2 Å². The van der Waals surface area contributed by atoms with Crippen LogP contribution in [0.2, 0.25) is 0 Å². The lowest BCUT2D eigenvalue weighted by atomic mass is 10.0. The first-order valence-corrected chi connectivity index (χ1v) is 6.28. The summed E-state index contributed by atoms with van der Waals surface area (Å²) in [5.41, 5.74) is 0.565. The van der Waals surface area contributed by atoms with Gasteiger partial charge in [-0.25, -0.2) is 0 Å². The minimum absolute atomic E-state index is 0.0772. The molecule has 2 heterocycles. The maximum Gasteiger partial charge on any atom is 0.147 e. The summed E-state index contributed by atoms with van der Waals surface area (Å²) in [6.07, 6.45) is 1.73. The lowest BCUT2D eigenvalue weighted by Gasteiger charge is -2.33. The number of phenols is 2. The fourth-order valence-corrected chi connectivity index (χ4v) is 2.57. The van der Waals surface area contributed by atoms with Crippen LogP contribution in [0.3, 0.4) is 0 Å². The molecule has 1 aliphatic rings. The minimum Gasteiger partial charge on any atom is -0.507 e. The van der Waals surface area contributed by atoms with Gasteiger partial charge in [0, 0.05) is 19.1 Å². The van der Waals surface area contributed by atoms with Crippen molar-refractivity contribution in [1.29, 1.82) is 0 Å². The molecule has 0 spiro atoms. The molecule has 0 amide bonds. The zero-order valence-corrected chi connectivity index (χ0v) is 10.7. The van der Waals surface area contributed by atoms with Gasteiger partial charge < -0.3 is 14.8 Å². The van der Waals surface area contributed by atoms with E-state index in [1.807, 2.05) is 11.5 Å². The molecule has 0 fully saturated rings. The number of fused-ring (bicyclic) bond motifs is 1. The van der Waals surface area contributed by atoms with E-state index in [2.05, 4.69) is 15.1 Å². The summed E-state index contributed by atoms with van der Waals surface area (Å²) in [4.78, 5) is 2.17. The van der Waals surface area contributed by atoms with Crippen LogP contribution in [0.1, 0.15) is 24.4 Å². The monoisotopic (exact) mass is 260 g/mol. The summed E-state index contributed by atoms with van der Waals surface area (Å²) in [6, 6.07) is 4.75. The number of phenolic OH excluding ortho intramolecular Hbond substituents is 2. The van der Waals surface area contributed by atoms with Gasteiger partial charge >= 0.3 is 0 Å². The largest absolute Gasteiger partial charge is 0.507 e. The number of hydrogen-bond donors (Lipinski definition) is 2. The predicted octanol–water partition coefficient (Wildman–Crippen LogP) is 1.27. The van der Waals surface area contributed by atoms with Crippen LogP contribution in [0.25, 0.3) is 0 Å². The average Bonchev–Trinajstić information content (AvgIpc) is 2.85. The minimum atomic E-state index is -0.0772. The van der Waals surface area contributed by atoms with Gasteiger partial charge in [-0.15, -0.1) is 10.2 Å². The van der Waals surface area contributed by atoms with Gasteiger partial charge in [0.15, 0.2) is 0 Å². The van der Waals surface area contributed by atoms with Crippen molar-refractivity contribution >= 4 is 0 Å². The highest BCUT2D eigenvalue weighted by Gasteiger charge is 2.26. The fraction of sp³-hybridized carbons (Fsp3) is 0.385. The van der Waals surface area contributed by atoms with Gasteiger partial charge in [-0.2, -0.15) is 0 Å². The Bertz CT molecular complexity index is 576. The average molecular weight is 260 g/mol. The molecule has 0 bridgehead atoms. The quantitative estimate of drug-likeness (QED) is 0.850. The molecule has 1 aliphatic heterocycles. The van der Waals surface area contributed by atoms with Gasteiger partial charge in [-0.3, -0.25) is 4.90 Å². The zero-order valence-electron chi connectivity index (χ0n) is 10.7. The first-order chi connectivity index (χ1) is 9.16. The highest BCUT2D eigenvalue weighted by atomic mass is 16.3. The van der Waals surface area contributed by atoms with Crippen molar-refractivity contribution in [3.8, 4) is 11.5 Å². The van der Waals surface area contributed by atoms with Crippen molar-refractivity contribution in [2.24, 2.45) is 0 Å². The molecule has 6 heteroatoms. The summed E-state index contributed by atoms with van der Waals surface area (Å²) in [7, 11) is 0. The van der Waals surface area contributed by atoms with Gasteiger partial charge in [0.05, 0.1) is 12.1 Å². The molecule has 6 nitrogen and oxygen atoms in total. The van der Waals surface area contributed by atoms with Gasteiger partial charge in [-0.05, 0) is 19.1 Å².